The van der Waals surface area contributed by atoms with E-state index in [-0.39, 0.29) is 35.7 Å². The quantitative estimate of drug-likeness (QED) is 0.504. The summed E-state index contributed by atoms with van der Waals surface area (Å²) in [4.78, 5) is 34.8. The fourth-order valence-electron chi connectivity index (χ4n) is 2.11. The van der Waals surface area contributed by atoms with Crippen molar-refractivity contribution in [3.8, 4) is 6.07 Å². The van der Waals surface area contributed by atoms with Crippen LogP contribution in [0.25, 0.3) is 0 Å². The summed E-state index contributed by atoms with van der Waals surface area (Å²) in [5, 5.41) is 22.6. The van der Waals surface area contributed by atoms with Crippen LogP contribution in [0.3, 0.4) is 0 Å². The zero-order valence-corrected chi connectivity index (χ0v) is 11.2. The number of carbonyl (C=O) groups excluding carboxylic acids is 2. The third-order valence-corrected chi connectivity index (χ3v) is 3.30. The summed E-state index contributed by atoms with van der Waals surface area (Å²) >= 11 is 0. The molecule has 0 aliphatic carbocycles. The Balaban J connectivity index is 2.28. The molecule has 8 heteroatoms. The number of nitrogens with zero attached hydrogens (tertiary/aromatic N) is 3. The van der Waals surface area contributed by atoms with Crippen molar-refractivity contribution >= 4 is 23.2 Å². The molecule has 1 aliphatic rings. The Morgan fingerprint density at radius 3 is 2.81 bits per heavy atom. The maximum Gasteiger partial charge on any atom is 0.293 e. The standard InChI is InChI=1S/C13H12N4O4/c1-16-12(18)5-4-10(13(16)19)15-9-3-2-8(7-14)6-11(9)17(20)21/h2-3,6,10,15H,4-5H2,1H3. The number of piperidine rings is 1. The van der Waals surface area contributed by atoms with E-state index in [0.29, 0.717) is 0 Å². The van der Waals surface area contributed by atoms with Gasteiger partial charge in [-0.3, -0.25) is 24.6 Å². The van der Waals surface area contributed by atoms with Gasteiger partial charge in [-0.25, -0.2) is 0 Å². The molecule has 1 aromatic carbocycles. The van der Waals surface area contributed by atoms with Gasteiger partial charge in [0.15, 0.2) is 0 Å². The molecular weight excluding hydrogens is 276 g/mol. The summed E-state index contributed by atoms with van der Waals surface area (Å²) in [5.41, 5.74) is 0.0380. The van der Waals surface area contributed by atoms with Crippen LogP contribution in [0.2, 0.25) is 0 Å². The number of hydrogen-bond donors (Lipinski definition) is 1. The van der Waals surface area contributed by atoms with Crippen LogP contribution in [0.15, 0.2) is 18.2 Å². The Kier molecular flexibility index (Phi) is 3.84. The van der Waals surface area contributed by atoms with Crippen LogP contribution in [0.1, 0.15) is 18.4 Å². The number of carbonyl (C=O) groups is 2. The minimum atomic E-state index is -0.695. The number of imide groups is 1. The summed E-state index contributed by atoms with van der Waals surface area (Å²) in [6.45, 7) is 0. The van der Waals surface area contributed by atoms with Crippen molar-refractivity contribution in [1.82, 2.24) is 4.90 Å². The first-order valence-corrected chi connectivity index (χ1v) is 6.19. The minimum Gasteiger partial charge on any atom is -0.368 e. The van der Waals surface area contributed by atoms with Crippen molar-refractivity contribution in [3.63, 3.8) is 0 Å². The van der Waals surface area contributed by atoms with Gasteiger partial charge in [-0.15, -0.1) is 0 Å². The molecule has 0 saturated carbocycles. The topological polar surface area (TPSA) is 116 Å². The number of nitro benzene ring substituents is 1. The van der Waals surface area contributed by atoms with Gasteiger partial charge in [0.05, 0.1) is 16.6 Å². The fraction of sp³-hybridized carbons (Fsp3) is 0.308. The summed E-state index contributed by atoms with van der Waals surface area (Å²) in [6.07, 6.45) is 0.475. The average molecular weight is 288 g/mol. The lowest BCUT2D eigenvalue weighted by Crippen LogP contribution is -2.48. The lowest BCUT2D eigenvalue weighted by atomic mass is 10.0. The number of amides is 2. The highest BCUT2D eigenvalue weighted by Crippen LogP contribution is 2.27. The lowest BCUT2D eigenvalue weighted by molar-refractivity contribution is -0.384. The molecule has 0 bridgehead atoms. The molecule has 1 atom stereocenters. The zero-order valence-electron chi connectivity index (χ0n) is 11.2. The Morgan fingerprint density at radius 2 is 2.19 bits per heavy atom. The fourth-order valence-corrected chi connectivity index (χ4v) is 2.11. The highest BCUT2D eigenvalue weighted by molar-refractivity contribution is 6.01. The molecular formula is C13H12N4O4. The van der Waals surface area contributed by atoms with E-state index >= 15 is 0 Å². The SMILES string of the molecule is CN1C(=O)CCC(Nc2ccc(C#N)cc2[N+](=O)[O-])C1=O. The van der Waals surface area contributed by atoms with Crippen LogP contribution in [0, 0.1) is 21.4 Å². The third-order valence-electron chi connectivity index (χ3n) is 3.30. The molecule has 2 rings (SSSR count). The van der Waals surface area contributed by atoms with E-state index < -0.39 is 16.9 Å². The van der Waals surface area contributed by atoms with Crippen LogP contribution in [0.5, 0.6) is 0 Å². The van der Waals surface area contributed by atoms with E-state index in [9.17, 15) is 19.7 Å². The summed E-state index contributed by atoms with van der Waals surface area (Å²) in [6, 6.07) is 5.09. The third kappa shape index (κ3) is 2.81. The van der Waals surface area contributed by atoms with Gasteiger partial charge in [0.2, 0.25) is 5.91 Å². The van der Waals surface area contributed by atoms with Crippen LogP contribution in [-0.4, -0.2) is 34.7 Å². The summed E-state index contributed by atoms with van der Waals surface area (Å²) in [5.74, 6) is -0.697. The molecule has 1 saturated heterocycles. The van der Waals surface area contributed by atoms with Gasteiger partial charge in [-0.05, 0) is 18.6 Å². The Labute approximate surface area is 120 Å². The Bertz CT molecular complexity index is 665. The van der Waals surface area contributed by atoms with E-state index in [1.54, 1.807) is 0 Å². The normalized spacial score (nSPS) is 18.3. The van der Waals surface area contributed by atoms with E-state index in [0.717, 1.165) is 11.0 Å². The molecule has 1 unspecified atom stereocenters. The van der Waals surface area contributed by atoms with Gasteiger partial charge in [-0.2, -0.15) is 5.26 Å². The molecule has 1 heterocycles. The van der Waals surface area contributed by atoms with Crippen molar-refractivity contribution in [1.29, 1.82) is 5.26 Å². The largest absolute Gasteiger partial charge is 0.368 e. The minimum absolute atomic E-state index is 0.153. The number of likely N-dealkylation sites (N-methyl/N-ethyl adjacent to an activating group) is 1. The molecule has 0 aromatic heterocycles. The highest BCUT2D eigenvalue weighted by atomic mass is 16.6. The molecule has 1 aliphatic heterocycles. The molecule has 2 amide bonds. The smallest absolute Gasteiger partial charge is 0.293 e. The number of anilines is 1. The molecule has 21 heavy (non-hydrogen) atoms. The van der Waals surface area contributed by atoms with E-state index in [1.807, 2.05) is 6.07 Å². The number of nitrogens with one attached hydrogen (secondary N) is 1. The maximum atomic E-state index is 12.0. The molecule has 0 spiro atoms. The summed E-state index contributed by atoms with van der Waals surface area (Å²) < 4.78 is 0. The van der Waals surface area contributed by atoms with E-state index in [1.165, 1.54) is 19.2 Å². The number of nitriles is 1. The van der Waals surface area contributed by atoms with Crippen molar-refractivity contribution in [3.05, 3.63) is 33.9 Å². The van der Waals surface area contributed by atoms with Crippen molar-refractivity contribution < 1.29 is 14.5 Å². The zero-order chi connectivity index (χ0) is 15.6. The van der Waals surface area contributed by atoms with Crippen LogP contribution in [0.4, 0.5) is 11.4 Å². The number of likely N-dealkylation sites (tertiary alicyclic amines) is 1. The highest BCUT2D eigenvalue weighted by Gasteiger charge is 2.32. The van der Waals surface area contributed by atoms with Crippen molar-refractivity contribution in [2.24, 2.45) is 0 Å². The summed E-state index contributed by atoms with van der Waals surface area (Å²) in [7, 11) is 1.38. The average Bonchev–Trinajstić information content (AvgIpc) is 2.48. The number of nitro groups is 1. The van der Waals surface area contributed by atoms with E-state index in [4.69, 9.17) is 5.26 Å². The van der Waals surface area contributed by atoms with Gasteiger partial charge >= 0.3 is 0 Å². The number of benzene rings is 1. The van der Waals surface area contributed by atoms with Gasteiger partial charge < -0.3 is 5.32 Å². The monoisotopic (exact) mass is 288 g/mol. The molecule has 108 valence electrons. The van der Waals surface area contributed by atoms with Crippen molar-refractivity contribution in [2.75, 3.05) is 12.4 Å². The first-order valence-electron chi connectivity index (χ1n) is 6.19. The maximum absolute atomic E-state index is 12.0. The second-order valence-corrected chi connectivity index (χ2v) is 4.63. The molecule has 0 radical (unpaired) electrons. The molecule has 1 aromatic rings. The van der Waals surface area contributed by atoms with Gasteiger partial charge in [0.1, 0.15) is 11.7 Å². The van der Waals surface area contributed by atoms with Gasteiger partial charge in [-0.1, -0.05) is 0 Å². The predicted octanol–water partition coefficient (Wildman–Crippen LogP) is 1.03. The van der Waals surface area contributed by atoms with Crippen LogP contribution >= 0.6 is 0 Å². The molecule has 1 N–H and O–H groups in total. The van der Waals surface area contributed by atoms with Gasteiger partial charge in [0, 0.05) is 19.5 Å². The van der Waals surface area contributed by atoms with Crippen molar-refractivity contribution in [2.45, 2.75) is 18.9 Å². The Morgan fingerprint density at radius 1 is 1.48 bits per heavy atom. The molecule has 1 fully saturated rings. The second-order valence-electron chi connectivity index (χ2n) is 4.63. The van der Waals surface area contributed by atoms with Crippen LogP contribution < -0.4 is 5.32 Å². The predicted molar refractivity (Wildman–Crippen MR) is 72.2 cm³/mol. The first kappa shape index (κ1) is 14.5. The van der Waals surface area contributed by atoms with Crippen LogP contribution in [-0.2, 0) is 9.59 Å². The first-order chi connectivity index (χ1) is 9.93. The van der Waals surface area contributed by atoms with E-state index in [2.05, 4.69) is 5.32 Å². The lowest BCUT2D eigenvalue weighted by Gasteiger charge is -2.28. The number of hydrogen-bond acceptors (Lipinski definition) is 6. The van der Waals surface area contributed by atoms with Gasteiger partial charge in [0.25, 0.3) is 11.6 Å². The number of rotatable bonds is 3. The Hall–Kier alpha value is -2.95. The molecule has 8 nitrogen and oxygen atoms in total. The second kappa shape index (κ2) is 5.58.